The molecule has 3 heteroatoms. The smallest absolute Gasteiger partial charge is 0.0929 e. The van der Waals surface area contributed by atoms with Crippen LogP contribution in [0, 0.1) is 11.3 Å². The molecule has 1 N–H and O–H groups in total. The van der Waals surface area contributed by atoms with Crippen LogP contribution in [-0.2, 0) is 0 Å². The summed E-state index contributed by atoms with van der Waals surface area (Å²) in [6.45, 7) is 3.82. The maximum Gasteiger partial charge on any atom is 0.0929 e. The van der Waals surface area contributed by atoms with Crippen molar-refractivity contribution in [2.75, 3.05) is 0 Å². The molecule has 0 aromatic heterocycles. The molecule has 2 atom stereocenters. The van der Waals surface area contributed by atoms with Gasteiger partial charge in [-0.15, -0.1) is 0 Å². The van der Waals surface area contributed by atoms with Gasteiger partial charge in [-0.1, -0.05) is 29.8 Å². The number of benzene rings is 1. The maximum absolute atomic E-state index is 8.65. The van der Waals surface area contributed by atoms with Crippen molar-refractivity contribution in [1.29, 1.82) is 5.26 Å². The highest BCUT2D eigenvalue weighted by Crippen LogP contribution is 2.22. The van der Waals surface area contributed by atoms with Crippen LogP contribution in [0.15, 0.2) is 24.3 Å². The molecule has 0 amide bonds. The molecule has 74 valence electrons. The Balaban J connectivity index is 2.75. The molecule has 0 saturated carbocycles. The third-order valence-electron chi connectivity index (χ3n) is 2.07. The van der Waals surface area contributed by atoms with Crippen LogP contribution in [0.2, 0.25) is 5.02 Å². The van der Waals surface area contributed by atoms with E-state index < -0.39 is 0 Å². The van der Waals surface area contributed by atoms with E-state index in [1.54, 1.807) is 0 Å². The Morgan fingerprint density at radius 3 is 2.57 bits per heavy atom. The second kappa shape index (κ2) is 4.99. The summed E-state index contributed by atoms with van der Waals surface area (Å²) in [5, 5.41) is 12.5. The molecule has 0 aliphatic heterocycles. The van der Waals surface area contributed by atoms with E-state index in [2.05, 4.69) is 11.4 Å². The average molecular weight is 209 g/mol. The van der Waals surface area contributed by atoms with Crippen LogP contribution in [0.3, 0.4) is 0 Å². The SMILES string of the molecule is CC(C#N)N[C@H](C)c1ccccc1Cl. The number of hydrogen-bond donors (Lipinski definition) is 1. The van der Waals surface area contributed by atoms with E-state index in [0.717, 1.165) is 10.6 Å². The summed E-state index contributed by atoms with van der Waals surface area (Å²) in [6, 6.07) is 9.71. The summed E-state index contributed by atoms with van der Waals surface area (Å²) < 4.78 is 0. The van der Waals surface area contributed by atoms with Gasteiger partial charge >= 0.3 is 0 Å². The van der Waals surface area contributed by atoms with Crippen LogP contribution in [0.25, 0.3) is 0 Å². The highest BCUT2D eigenvalue weighted by molar-refractivity contribution is 6.31. The molecule has 0 radical (unpaired) electrons. The van der Waals surface area contributed by atoms with E-state index in [9.17, 15) is 0 Å². The lowest BCUT2D eigenvalue weighted by Gasteiger charge is -2.16. The van der Waals surface area contributed by atoms with Gasteiger partial charge in [0.05, 0.1) is 12.1 Å². The molecule has 0 bridgehead atoms. The van der Waals surface area contributed by atoms with Crippen LogP contribution >= 0.6 is 11.6 Å². The molecule has 0 saturated heterocycles. The van der Waals surface area contributed by atoms with E-state index in [1.165, 1.54) is 0 Å². The first kappa shape index (κ1) is 11.0. The minimum atomic E-state index is -0.165. The third-order valence-corrected chi connectivity index (χ3v) is 2.41. The van der Waals surface area contributed by atoms with Crippen molar-refractivity contribution in [2.45, 2.75) is 25.9 Å². The minimum absolute atomic E-state index is 0.0957. The van der Waals surface area contributed by atoms with E-state index >= 15 is 0 Å². The largest absolute Gasteiger partial charge is 0.295 e. The lowest BCUT2D eigenvalue weighted by atomic mass is 10.1. The third kappa shape index (κ3) is 2.73. The monoisotopic (exact) mass is 208 g/mol. The predicted molar refractivity (Wildman–Crippen MR) is 58.1 cm³/mol. The number of halogens is 1. The Bertz CT molecular complexity index is 343. The fourth-order valence-electron chi connectivity index (χ4n) is 1.33. The molecule has 1 aromatic rings. The molecule has 0 fully saturated rings. The van der Waals surface area contributed by atoms with Crippen LogP contribution in [-0.4, -0.2) is 6.04 Å². The maximum atomic E-state index is 8.65. The first-order chi connectivity index (χ1) is 6.65. The molecule has 0 spiro atoms. The molecule has 0 aliphatic carbocycles. The second-order valence-corrected chi connectivity index (χ2v) is 3.67. The number of nitrogens with zero attached hydrogens (tertiary/aromatic N) is 1. The predicted octanol–water partition coefficient (Wildman–Crippen LogP) is 2.90. The Kier molecular flexibility index (Phi) is 3.94. The molecular weight excluding hydrogens is 196 g/mol. The van der Waals surface area contributed by atoms with Crippen molar-refractivity contribution in [3.63, 3.8) is 0 Å². The van der Waals surface area contributed by atoms with Gasteiger partial charge in [0.2, 0.25) is 0 Å². The van der Waals surface area contributed by atoms with Crippen molar-refractivity contribution in [3.05, 3.63) is 34.9 Å². The molecule has 1 unspecified atom stereocenters. The topological polar surface area (TPSA) is 35.8 Å². The van der Waals surface area contributed by atoms with Crippen LogP contribution in [0.5, 0.6) is 0 Å². The standard InChI is InChI=1S/C11H13ClN2/c1-8(7-13)14-9(2)10-5-3-4-6-11(10)12/h3-6,8-9,14H,1-2H3/t8?,9-/m1/s1. The minimum Gasteiger partial charge on any atom is -0.295 e. The normalized spacial score (nSPS) is 14.4. The number of nitrogens with one attached hydrogen (secondary N) is 1. The van der Waals surface area contributed by atoms with E-state index in [0.29, 0.717) is 0 Å². The van der Waals surface area contributed by atoms with Gasteiger partial charge in [0, 0.05) is 11.1 Å². The molecule has 1 rings (SSSR count). The molecule has 1 aromatic carbocycles. The lowest BCUT2D eigenvalue weighted by molar-refractivity contribution is 0.543. The van der Waals surface area contributed by atoms with Gasteiger partial charge in [0.1, 0.15) is 0 Å². The molecule has 14 heavy (non-hydrogen) atoms. The van der Waals surface area contributed by atoms with Crippen LogP contribution in [0.1, 0.15) is 25.5 Å². The average Bonchev–Trinajstić information content (AvgIpc) is 2.18. The Labute approximate surface area is 89.5 Å². The quantitative estimate of drug-likeness (QED) is 0.829. The molecule has 0 aliphatic rings. The van der Waals surface area contributed by atoms with Gasteiger partial charge in [-0.05, 0) is 25.5 Å². The van der Waals surface area contributed by atoms with E-state index in [4.69, 9.17) is 16.9 Å². The van der Waals surface area contributed by atoms with Crippen molar-refractivity contribution in [2.24, 2.45) is 0 Å². The zero-order chi connectivity index (χ0) is 10.6. The summed E-state index contributed by atoms with van der Waals surface area (Å²) >= 11 is 6.02. The summed E-state index contributed by atoms with van der Waals surface area (Å²) in [7, 11) is 0. The number of nitriles is 1. The van der Waals surface area contributed by atoms with Gasteiger partial charge in [-0.3, -0.25) is 5.32 Å². The van der Waals surface area contributed by atoms with Crippen LogP contribution < -0.4 is 5.32 Å². The summed E-state index contributed by atoms with van der Waals surface area (Å²) in [5.74, 6) is 0. The van der Waals surface area contributed by atoms with Gasteiger partial charge in [0.15, 0.2) is 0 Å². The zero-order valence-corrected chi connectivity index (χ0v) is 9.05. The van der Waals surface area contributed by atoms with Crippen molar-refractivity contribution in [3.8, 4) is 6.07 Å². The van der Waals surface area contributed by atoms with Gasteiger partial charge in [-0.2, -0.15) is 5.26 Å². The van der Waals surface area contributed by atoms with E-state index in [-0.39, 0.29) is 12.1 Å². The molecule has 0 heterocycles. The van der Waals surface area contributed by atoms with Crippen molar-refractivity contribution >= 4 is 11.6 Å². The summed E-state index contributed by atoms with van der Waals surface area (Å²) in [6.07, 6.45) is 0. The fraction of sp³-hybridized carbons (Fsp3) is 0.364. The number of hydrogen-bond acceptors (Lipinski definition) is 2. The number of rotatable bonds is 3. The highest BCUT2D eigenvalue weighted by Gasteiger charge is 2.10. The Morgan fingerprint density at radius 1 is 1.36 bits per heavy atom. The van der Waals surface area contributed by atoms with Crippen LogP contribution in [0.4, 0.5) is 0 Å². The summed E-state index contributed by atoms with van der Waals surface area (Å²) in [4.78, 5) is 0. The highest BCUT2D eigenvalue weighted by atomic mass is 35.5. The first-order valence-corrected chi connectivity index (χ1v) is 4.93. The molecule has 2 nitrogen and oxygen atoms in total. The zero-order valence-electron chi connectivity index (χ0n) is 8.29. The Morgan fingerprint density at radius 2 is 2.00 bits per heavy atom. The van der Waals surface area contributed by atoms with Gasteiger partial charge in [-0.25, -0.2) is 0 Å². The summed E-state index contributed by atoms with van der Waals surface area (Å²) in [5.41, 5.74) is 1.02. The van der Waals surface area contributed by atoms with Crippen molar-refractivity contribution < 1.29 is 0 Å². The lowest BCUT2D eigenvalue weighted by Crippen LogP contribution is -2.27. The first-order valence-electron chi connectivity index (χ1n) is 4.55. The molecular formula is C11H13ClN2. The van der Waals surface area contributed by atoms with Crippen molar-refractivity contribution in [1.82, 2.24) is 5.32 Å². The fourth-order valence-corrected chi connectivity index (χ4v) is 1.63. The Hall–Kier alpha value is -1.04. The van der Waals surface area contributed by atoms with Gasteiger partial charge < -0.3 is 0 Å². The van der Waals surface area contributed by atoms with Gasteiger partial charge in [0.25, 0.3) is 0 Å². The second-order valence-electron chi connectivity index (χ2n) is 3.26. The van der Waals surface area contributed by atoms with E-state index in [1.807, 2.05) is 38.1 Å².